The van der Waals surface area contributed by atoms with Gasteiger partial charge in [-0.2, -0.15) is 30.2 Å². The molecule has 0 saturated carbocycles. The fourth-order valence-corrected chi connectivity index (χ4v) is 4.39. The van der Waals surface area contributed by atoms with Crippen molar-refractivity contribution in [1.82, 2.24) is 18.6 Å². The smallest absolute Gasteiger partial charge is 0.261 e. The van der Waals surface area contributed by atoms with E-state index in [2.05, 4.69) is 9.97 Å². The molecule has 0 spiro atoms. The molecule has 0 amide bonds. The first-order valence-corrected chi connectivity index (χ1v) is 10.2. The van der Waals surface area contributed by atoms with E-state index in [1.807, 2.05) is 0 Å². The molecule has 1 aliphatic heterocycles. The monoisotopic (exact) mass is 414 g/mol. The van der Waals surface area contributed by atoms with Crippen molar-refractivity contribution in [2.75, 3.05) is 27.2 Å². The Morgan fingerprint density at radius 3 is 2.64 bits per heavy atom. The van der Waals surface area contributed by atoms with Gasteiger partial charge < -0.3 is 0 Å². The number of rotatable bonds is 4. The van der Waals surface area contributed by atoms with Crippen LogP contribution in [0.1, 0.15) is 30.0 Å². The van der Waals surface area contributed by atoms with Gasteiger partial charge in [0.15, 0.2) is 0 Å². The standard InChI is InChI=1S/C18H21F3N4O2S/c1-24(2)28(26,27)25-8-4-6-14(12-25)17-11-22-10-16(23-17)13-5-3-7-15(9-13)18(19,20)21/h3,5,7,9-11,14H,4,6,8,12H2,1-2H3. The van der Waals surface area contributed by atoms with Crippen LogP contribution in [0.15, 0.2) is 36.7 Å². The van der Waals surface area contributed by atoms with Crippen molar-refractivity contribution in [3.8, 4) is 11.3 Å². The summed E-state index contributed by atoms with van der Waals surface area (Å²) in [5.41, 5.74) is 0.473. The molecule has 1 unspecified atom stereocenters. The number of benzene rings is 1. The highest BCUT2D eigenvalue weighted by molar-refractivity contribution is 7.86. The van der Waals surface area contributed by atoms with Crippen molar-refractivity contribution in [1.29, 1.82) is 0 Å². The lowest BCUT2D eigenvalue weighted by molar-refractivity contribution is -0.137. The summed E-state index contributed by atoms with van der Waals surface area (Å²) in [5, 5.41) is 0. The summed E-state index contributed by atoms with van der Waals surface area (Å²) in [6.45, 7) is 0.693. The molecule has 6 nitrogen and oxygen atoms in total. The van der Waals surface area contributed by atoms with E-state index in [-0.39, 0.29) is 12.5 Å². The molecule has 0 aliphatic carbocycles. The molecule has 0 N–H and O–H groups in total. The van der Waals surface area contributed by atoms with Crippen molar-refractivity contribution in [2.45, 2.75) is 24.9 Å². The summed E-state index contributed by atoms with van der Waals surface area (Å²) in [7, 11) is -0.573. The lowest BCUT2D eigenvalue weighted by atomic mass is 9.96. The number of halogens is 3. The quantitative estimate of drug-likeness (QED) is 0.771. The zero-order valence-electron chi connectivity index (χ0n) is 15.5. The van der Waals surface area contributed by atoms with Crippen LogP contribution in [0.4, 0.5) is 13.2 Å². The van der Waals surface area contributed by atoms with Gasteiger partial charge in [0.25, 0.3) is 10.2 Å². The number of aromatic nitrogens is 2. The van der Waals surface area contributed by atoms with Crippen LogP contribution >= 0.6 is 0 Å². The molecule has 0 bridgehead atoms. The molecule has 2 aromatic rings. The van der Waals surface area contributed by atoms with Gasteiger partial charge in [-0.25, -0.2) is 4.98 Å². The summed E-state index contributed by atoms with van der Waals surface area (Å²) in [5.74, 6) is -0.165. The molecule has 1 fully saturated rings. The van der Waals surface area contributed by atoms with Crippen LogP contribution in [-0.4, -0.2) is 54.2 Å². The van der Waals surface area contributed by atoms with Crippen LogP contribution < -0.4 is 0 Å². The van der Waals surface area contributed by atoms with Crippen LogP contribution in [0.5, 0.6) is 0 Å². The molecule has 1 aliphatic rings. The third kappa shape index (κ3) is 4.34. The van der Waals surface area contributed by atoms with E-state index in [9.17, 15) is 21.6 Å². The van der Waals surface area contributed by atoms with E-state index in [1.54, 1.807) is 12.3 Å². The highest BCUT2D eigenvalue weighted by Gasteiger charge is 2.32. The van der Waals surface area contributed by atoms with Gasteiger partial charge in [0.2, 0.25) is 0 Å². The zero-order valence-corrected chi connectivity index (χ0v) is 16.3. The zero-order chi connectivity index (χ0) is 20.5. The molecular weight excluding hydrogens is 393 g/mol. The normalized spacial score (nSPS) is 19.1. The molecule has 0 radical (unpaired) electrons. The maximum atomic E-state index is 13.0. The average Bonchev–Trinajstić information content (AvgIpc) is 2.67. The van der Waals surface area contributed by atoms with Gasteiger partial charge >= 0.3 is 6.18 Å². The average molecular weight is 414 g/mol. The second-order valence-corrected chi connectivity index (χ2v) is 9.04. The van der Waals surface area contributed by atoms with Gasteiger partial charge in [0, 0.05) is 44.9 Å². The van der Waals surface area contributed by atoms with E-state index in [0.29, 0.717) is 29.9 Å². The summed E-state index contributed by atoms with van der Waals surface area (Å²) in [6, 6.07) is 4.93. The Kier molecular flexibility index (Phi) is 5.74. The minimum atomic E-state index is -4.44. The van der Waals surface area contributed by atoms with Crippen LogP contribution in [0.25, 0.3) is 11.3 Å². The molecule has 10 heteroatoms. The van der Waals surface area contributed by atoms with E-state index >= 15 is 0 Å². The van der Waals surface area contributed by atoms with Crippen LogP contribution in [-0.2, 0) is 16.4 Å². The van der Waals surface area contributed by atoms with Crippen molar-refractivity contribution >= 4 is 10.2 Å². The van der Waals surface area contributed by atoms with Crippen molar-refractivity contribution in [2.24, 2.45) is 0 Å². The van der Waals surface area contributed by atoms with Gasteiger partial charge in [-0.15, -0.1) is 0 Å². The number of alkyl halides is 3. The molecule has 2 heterocycles. The largest absolute Gasteiger partial charge is 0.416 e. The highest BCUT2D eigenvalue weighted by Crippen LogP contribution is 2.32. The van der Waals surface area contributed by atoms with Crippen molar-refractivity contribution in [3.63, 3.8) is 0 Å². The van der Waals surface area contributed by atoms with E-state index < -0.39 is 21.9 Å². The number of piperidine rings is 1. The van der Waals surface area contributed by atoms with Gasteiger partial charge in [-0.05, 0) is 25.0 Å². The summed E-state index contributed by atoms with van der Waals surface area (Å²) in [6.07, 6.45) is -0.0669. The third-order valence-corrected chi connectivity index (χ3v) is 6.64. The van der Waals surface area contributed by atoms with Gasteiger partial charge in [0.05, 0.1) is 23.1 Å². The second-order valence-electron chi connectivity index (χ2n) is 6.90. The Balaban J connectivity index is 1.88. The maximum absolute atomic E-state index is 13.0. The lowest BCUT2D eigenvalue weighted by Crippen LogP contribution is -2.45. The van der Waals surface area contributed by atoms with Crippen LogP contribution in [0.2, 0.25) is 0 Å². The Morgan fingerprint density at radius 2 is 1.96 bits per heavy atom. The molecule has 3 rings (SSSR count). The predicted molar refractivity (Wildman–Crippen MR) is 98.6 cm³/mol. The van der Waals surface area contributed by atoms with E-state index in [4.69, 9.17) is 0 Å². The first-order chi connectivity index (χ1) is 13.1. The number of hydrogen-bond donors (Lipinski definition) is 0. The van der Waals surface area contributed by atoms with Gasteiger partial charge in [-0.1, -0.05) is 12.1 Å². The van der Waals surface area contributed by atoms with Gasteiger partial charge in [-0.3, -0.25) is 4.98 Å². The fraction of sp³-hybridized carbons (Fsp3) is 0.444. The maximum Gasteiger partial charge on any atom is 0.416 e. The molecular formula is C18H21F3N4O2S. The second kappa shape index (κ2) is 7.76. The number of nitrogens with zero attached hydrogens (tertiary/aromatic N) is 4. The molecule has 1 aromatic carbocycles. The van der Waals surface area contributed by atoms with Crippen LogP contribution in [0.3, 0.4) is 0 Å². The fourth-order valence-electron chi connectivity index (χ4n) is 3.20. The van der Waals surface area contributed by atoms with Crippen molar-refractivity contribution in [3.05, 3.63) is 47.9 Å². The summed E-state index contributed by atoms with van der Waals surface area (Å²) in [4.78, 5) is 8.61. The molecule has 28 heavy (non-hydrogen) atoms. The van der Waals surface area contributed by atoms with Crippen molar-refractivity contribution < 1.29 is 21.6 Å². The van der Waals surface area contributed by atoms with E-state index in [0.717, 1.165) is 18.6 Å². The highest BCUT2D eigenvalue weighted by atomic mass is 32.2. The predicted octanol–water partition coefficient (Wildman–Crippen LogP) is 3.15. The van der Waals surface area contributed by atoms with Crippen LogP contribution in [0, 0.1) is 0 Å². The summed E-state index contributed by atoms with van der Waals surface area (Å²) >= 11 is 0. The Morgan fingerprint density at radius 1 is 1.21 bits per heavy atom. The summed E-state index contributed by atoms with van der Waals surface area (Å²) < 4.78 is 66.3. The van der Waals surface area contributed by atoms with E-state index in [1.165, 1.54) is 35.0 Å². The topological polar surface area (TPSA) is 66.4 Å². The Hall–Kier alpha value is -2.04. The minimum Gasteiger partial charge on any atom is -0.261 e. The molecule has 1 saturated heterocycles. The molecule has 152 valence electrons. The first kappa shape index (κ1) is 20.7. The lowest BCUT2D eigenvalue weighted by Gasteiger charge is -2.33. The number of hydrogen-bond acceptors (Lipinski definition) is 4. The molecule has 1 atom stereocenters. The third-order valence-electron chi connectivity index (χ3n) is 4.73. The first-order valence-electron chi connectivity index (χ1n) is 8.76. The molecule has 1 aromatic heterocycles. The SMILES string of the molecule is CN(C)S(=O)(=O)N1CCCC(c2cncc(-c3cccc(C(F)(F)F)c3)n2)C1. The van der Waals surface area contributed by atoms with Gasteiger partial charge in [0.1, 0.15) is 0 Å². The Bertz CT molecular complexity index is 948. The minimum absolute atomic E-state index is 0.165. The Labute approximate surface area is 162 Å².